The van der Waals surface area contributed by atoms with Crippen LogP contribution in [0.3, 0.4) is 0 Å². The number of amides is 2. The van der Waals surface area contributed by atoms with Gasteiger partial charge in [0.1, 0.15) is 5.75 Å². The third kappa shape index (κ3) is 7.18. The van der Waals surface area contributed by atoms with Crippen LogP contribution in [0.4, 0.5) is 0 Å². The van der Waals surface area contributed by atoms with Crippen LogP contribution < -0.4 is 15.8 Å². The van der Waals surface area contributed by atoms with Gasteiger partial charge >= 0.3 is 0 Å². The number of rotatable bonds is 9. The Morgan fingerprint density at radius 1 is 1.00 bits per heavy atom. The van der Waals surface area contributed by atoms with Crippen molar-refractivity contribution in [3.63, 3.8) is 0 Å². The van der Waals surface area contributed by atoms with Crippen LogP contribution in [0, 0.1) is 13.8 Å². The molecule has 0 radical (unpaired) electrons. The van der Waals surface area contributed by atoms with Crippen molar-refractivity contribution in [2.24, 2.45) is 5.73 Å². The number of carbonyl (C=O) groups excluding carboxylic acids is 2. The number of hydrogen-bond acceptors (Lipinski definition) is 3. The van der Waals surface area contributed by atoms with Gasteiger partial charge in [-0.2, -0.15) is 0 Å². The van der Waals surface area contributed by atoms with Gasteiger partial charge in [0.05, 0.1) is 5.02 Å². The molecule has 0 saturated carbocycles. The Morgan fingerprint density at radius 2 is 1.73 bits per heavy atom. The molecule has 0 aliphatic carbocycles. The zero-order valence-electron chi connectivity index (χ0n) is 23.9. The zero-order valence-corrected chi connectivity index (χ0v) is 25.4. The van der Waals surface area contributed by atoms with Crippen molar-refractivity contribution in [1.82, 2.24) is 9.88 Å². The summed E-state index contributed by atoms with van der Waals surface area (Å²) in [5.74, 6) is 0.0573. The lowest BCUT2D eigenvalue weighted by molar-refractivity contribution is -0.119. The van der Waals surface area contributed by atoms with E-state index in [1.807, 2.05) is 58.0 Å². The maximum absolute atomic E-state index is 13.0. The summed E-state index contributed by atoms with van der Waals surface area (Å²) in [5, 5.41) is 4.82. The summed E-state index contributed by atoms with van der Waals surface area (Å²) in [6.45, 7) is 13.0. The predicted molar refractivity (Wildman–Crippen MR) is 165 cm³/mol. The molecular formula is C32H37Cl2N3O3. The fraction of sp³-hybridized carbons (Fsp3) is 0.312. The van der Waals surface area contributed by atoms with Gasteiger partial charge in [-0.05, 0) is 72.4 Å². The number of nitrogens with zero attached hydrogens (tertiary/aromatic N) is 1. The highest BCUT2D eigenvalue weighted by Crippen LogP contribution is 2.34. The molecule has 8 heteroatoms. The minimum atomic E-state index is -0.593. The van der Waals surface area contributed by atoms with Crippen LogP contribution in [0.5, 0.6) is 5.75 Å². The molecule has 0 fully saturated rings. The van der Waals surface area contributed by atoms with Gasteiger partial charge in [-0.25, -0.2) is 0 Å². The predicted octanol–water partition coefficient (Wildman–Crippen LogP) is 7.56. The SMILES string of the molecule is CC.Cc1c(C)n(Cc2cc(OCC(N)=O)c(Cl)cc2Cl)c2ccc(C(=O)NCc3cccc(C(C)C)c3)cc12. The maximum Gasteiger partial charge on any atom is 0.255 e. The molecule has 1 heterocycles. The number of primary amides is 1. The molecule has 0 aliphatic heterocycles. The van der Waals surface area contributed by atoms with Gasteiger partial charge < -0.3 is 20.4 Å². The van der Waals surface area contributed by atoms with Crippen molar-refractivity contribution in [3.05, 3.63) is 98.2 Å². The average Bonchev–Trinajstić information content (AvgIpc) is 3.17. The van der Waals surface area contributed by atoms with E-state index in [1.165, 1.54) is 5.56 Å². The Kier molecular flexibility index (Phi) is 10.7. The van der Waals surface area contributed by atoms with E-state index in [2.05, 4.69) is 35.9 Å². The highest BCUT2D eigenvalue weighted by Gasteiger charge is 2.17. The van der Waals surface area contributed by atoms with Crippen molar-refractivity contribution in [2.75, 3.05) is 6.61 Å². The van der Waals surface area contributed by atoms with Gasteiger partial charge in [-0.3, -0.25) is 9.59 Å². The summed E-state index contributed by atoms with van der Waals surface area (Å²) >= 11 is 12.8. The molecule has 3 N–H and O–H groups in total. The highest BCUT2D eigenvalue weighted by atomic mass is 35.5. The number of carbonyl (C=O) groups is 2. The molecule has 40 heavy (non-hydrogen) atoms. The van der Waals surface area contributed by atoms with Crippen LogP contribution in [0.1, 0.15) is 71.9 Å². The third-order valence-electron chi connectivity index (χ3n) is 6.77. The van der Waals surface area contributed by atoms with Gasteiger partial charge in [0.2, 0.25) is 0 Å². The molecule has 0 aliphatic rings. The van der Waals surface area contributed by atoms with E-state index in [9.17, 15) is 9.59 Å². The molecular weight excluding hydrogens is 545 g/mol. The smallest absolute Gasteiger partial charge is 0.255 e. The Bertz CT molecular complexity index is 1530. The Hall–Kier alpha value is -3.48. The van der Waals surface area contributed by atoms with Crippen LogP contribution in [-0.4, -0.2) is 23.0 Å². The molecule has 0 spiro atoms. The van der Waals surface area contributed by atoms with Crippen LogP contribution in [0.15, 0.2) is 54.6 Å². The fourth-order valence-electron chi connectivity index (χ4n) is 4.46. The normalized spacial score (nSPS) is 10.8. The van der Waals surface area contributed by atoms with Gasteiger partial charge in [0.15, 0.2) is 6.61 Å². The van der Waals surface area contributed by atoms with Crippen molar-refractivity contribution >= 4 is 45.9 Å². The lowest BCUT2D eigenvalue weighted by atomic mass is 10.0. The first kappa shape index (κ1) is 31.1. The van der Waals surface area contributed by atoms with E-state index in [0.717, 1.165) is 33.3 Å². The standard InChI is InChI=1S/C30H31Cl2N3O3.C2H6/c1-17(2)21-7-5-6-20(10-21)14-34-30(37)22-8-9-27-24(11-22)18(3)19(4)35(27)15-23-12-28(38-16-29(33)36)26(32)13-25(23)31;1-2/h5-13,17H,14-16H2,1-4H3,(H2,33,36)(H,34,37);1-2H3. The second kappa shape index (κ2) is 13.7. The van der Waals surface area contributed by atoms with Gasteiger partial charge in [0, 0.05) is 40.3 Å². The summed E-state index contributed by atoms with van der Waals surface area (Å²) < 4.78 is 7.59. The van der Waals surface area contributed by atoms with Crippen LogP contribution in [0.25, 0.3) is 10.9 Å². The number of aromatic nitrogens is 1. The molecule has 6 nitrogen and oxygen atoms in total. The number of hydrogen-bond donors (Lipinski definition) is 2. The Morgan fingerprint density at radius 3 is 2.40 bits per heavy atom. The van der Waals surface area contributed by atoms with E-state index in [-0.39, 0.29) is 12.5 Å². The highest BCUT2D eigenvalue weighted by molar-refractivity contribution is 6.36. The van der Waals surface area contributed by atoms with Crippen molar-refractivity contribution in [1.29, 1.82) is 0 Å². The van der Waals surface area contributed by atoms with Gasteiger partial charge in [0.25, 0.3) is 11.8 Å². The molecule has 0 bridgehead atoms. The van der Waals surface area contributed by atoms with Crippen LogP contribution >= 0.6 is 23.2 Å². The maximum atomic E-state index is 13.0. The molecule has 0 atom stereocenters. The van der Waals surface area contributed by atoms with E-state index in [4.69, 9.17) is 33.7 Å². The van der Waals surface area contributed by atoms with E-state index >= 15 is 0 Å². The fourth-order valence-corrected chi connectivity index (χ4v) is 4.96. The average molecular weight is 583 g/mol. The number of nitrogens with two attached hydrogens (primary N) is 1. The quantitative estimate of drug-likeness (QED) is 0.214. The third-order valence-corrected chi connectivity index (χ3v) is 7.42. The van der Waals surface area contributed by atoms with E-state index < -0.39 is 5.91 Å². The largest absolute Gasteiger partial charge is 0.482 e. The first-order chi connectivity index (χ1) is 19.0. The molecule has 212 valence electrons. The summed E-state index contributed by atoms with van der Waals surface area (Å²) in [6, 6.07) is 17.3. The van der Waals surface area contributed by atoms with Crippen molar-refractivity contribution in [2.45, 2.75) is 60.5 Å². The number of aryl methyl sites for hydroxylation is 1. The molecule has 2 amide bonds. The summed E-state index contributed by atoms with van der Waals surface area (Å²) in [6.07, 6.45) is 0. The lowest BCUT2D eigenvalue weighted by Gasteiger charge is -2.14. The topological polar surface area (TPSA) is 86.3 Å². The Balaban J connectivity index is 0.00000216. The number of halogens is 2. The zero-order chi connectivity index (χ0) is 29.6. The number of nitrogens with one attached hydrogen (secondary N) is 1. The van der Waals surface area contributed by atoms with Crippen molar-refractivity contribution < 1.29 is 14.3 Å². The second-order valence-electron chi connectivity index (χ2n) is 9.74. The van der Waals surface area contributed by atoms with Crippen molar-refractivity contribution in [3.8, 4) is 5.75 Å². The first-order valence-electron chi connectivity index (χ1n) is 13.4. The van der Waals surface area contributed by atoms with Crippen LogP contribution in [0.2, 0.25) is 10.0 Å². The molecule has 1 aromatic heterocycles. The van der Waals surface area contributed by atoms with Crippen LogP contribution in [-0.2, 0) is 17.9 Å². The first-order valence-corrected chi connectivity index (χ1v) is 14.2. The lowest BCUT2D eigenvalue weighted by Crippen LogP contribution is -2.22. The van der Waals surface area contributed by atoms with Gasteiger partial charge in [-0.15, -0.1) is 0 Å². The molecule has 0 saturated heterocycles. The molecule has 3 aromatic carbocycles. The van der Waals surface area contributed by atoms with Gasteiger partial charge in [-0.1, -0.05) is 75.2 Å². The minimum Gasteiger partial charge on any atom is -0.482 e. The molecule has 4 rings (SSSR count). The Labute approximate surface area is 246 Å². The minimum absolute atomic E-state index is 0.122. The monoisotopic (exact) mass is 581 g/mol. The number of fused-ring (bicyclic) bond motifs is 1. The van der Waals surface area contributed by atoms with E-state index in [0.29, 0.717) is 40.4 Å². The summed E-state index contributed by atoms with van der Waals surface area (Å²) in [4.78, 5) is 24.1. The summed E-state index contributed by atoms with van der Waals surface area (Å²) in [5.41, 5.74) is 12.0. The second-order valence-corrected chi connectivity index (χ2v) is 10.6. The number of ether oxygens (including phenoxy) is 1. The number of benzene rings is 3. The molecule has 4 aromatic rings. The summed E-state index contributed by atoms with van der Waals surface area (Å²) in [7, 11) is 0. The van der Waals surface area contributed by atoms with E-state index in [1.54, 1.807) is 12.1 Å². The molecule has 0 unspecified atom stereocenters.